The molecular formula is C24H22N6O4S2. The quantitative estimate of drug-likeness (QED) is 0.214. The fourth-order valence-electron chi connectivity index (χ4n) is 3.61. The van der Waals surface area contributed by atoms with Crippen LogP contribution in [-0.4, -0.2) is 40.4 Å². The van der Waals surface area contributed by atoms with Gasteiger partial charge in [0, 0.05) is 34.7 Å². The first-order valence-electron chi connectivity index (χ1n) is 10.5. The average molecular weight is 523 g/mol. The van der Waals surface area contributed by atoms with Crippen molar-refractivity contribution in [3.8, 4) is 16.8 Å². The third kappa shape index (κ3) is 5.10. The molecule has 0 aliphatic carbocycles. The summed E-state index contributed by atoms with van der Waals surface area (Å²) in [7, 11) is -5.50. The lowest BCUT2D eigenvalue weighted by atomic mass is 10.0. The smallest absolute Gasteiger partial charge is 0.274 e. The van der Waals surface area contributed by atoms with Crippen LogP contribution in [0.4, 0.5) is 5.69 Å². The second kappa shape index (κ2) is 9.85. The number of nitrogens with one attached hydrogen (secondary N) is 2. The molecule has 0 saturated carbocycles. The maximum Gasteiger partial charge on any atom is 0.274 e. The molecule has 0 bridgehead atoms. The standard InChI is InChI=1S/C24H22N6O4S2/c1-35(32)22-14-20(30(29-22)16-8-6-7-15(13-16)23(25)26)24(31)28-19-11-4-2-9-17(19)18-10-3-5-12-21(18)36(27,33)34/h2-14H,1H3,(H3,25,26)(H,28,31)(H2,27,33,34). The van der Waals surface area contributed by atoms with Crippen LogP contribution >= 0.6 is 0 Å². The number of carbonyl (C=O) groups excluding carboxylic acids is 1. The van der Waals surface area contributed by atoms with Gasteiger partial charge in [0.15, 0.2) is 0 Å². The van der Waals surface area contributed by atoms with Crippen molar-refractivity contribution in [1.29, 1.82) is 5.41 Å². The highest BCUT2D eigenvalue weighted by molar-refractivity contribution is 7.89. The molecule has 1 unspecified atom stereocenters. The van der Waals surface area contributed by atoms with Crippen LogP contribution in [0.5, 0.6) is 0 Å². The highest BCUT2D eigenvalue weighted by Gasteiger charge is 2.22. The molecule has 0 spiro atoms. The molecule has 0 saturated heterocycles. The minimum absolute atomic E-state index is 0.0791. The molecule has 0 aliphatic heterocycles. The Morgan fingerprint density at radius 2 is 1.67 bits per heavy atom. The first-order valence-corrected chi connectivity index (χ1v) is 13.6. The first-order chi connectivity index (χ1) is 17.1. The van der Waals surface area contributed by atoms with Crippen molar-refractivity contribution in [2.45, 2.75) is 9.92 Å². The zero-order valence-electron chi connectivity index (χ0n) is 19.0. The highest BCUT2D eigenvalue weighted by atomic mass is 32.2. The van der Waals surface area contributed by atoms with Crippen molar-refractivity contribution in [2.24, 2.45) is 10.9 Å². The molecule has 0 radical (unpaired) electrons. The molecule has 10 nitrogen and oxygen atoms in total. The molecule has 4 aromatic rings. The van der Waals surface area contributed by atoms with Crippen LogP contribution in [0.3, 0.4) is 0 Å². The maximum absolute atomic E-state index is 13.4. The van der Waals surface area contributed by atoms with Crippen molar-refractivity contribution >= 4 is 38.3 Å². The Labute approximate surface area is 210 Å². The van der Waals surface area contributed by atoms with Gasteiger partial charge in [-0.05, 0) is 24.3 Å². The number of rotatable bonds is 7. The SMILES string of the molecule is CS(=O)c1cc(C(=O)Nc2ccccc2-c2ccccc2S(N)(=O)=O)n(-c2cccc(C(=N)N)c2)n1. The largest absolute Gasteiger partial charge is 0.384 e. The second-order valence-corrected chi connectivity index (χ2v) is 10.6. The monoisotopic (exact) mass is 522 g/mol. The van der Waals surface area contributed by atoms with E-state index in [0.717, 1.165) is 0 Å². The molecule has 1 atom stereocenters. The summed E-state index contributed by atoms with van der Waals surface area (Å²) >= 11 is 0. The van der Waals surface area contributed by atoms with E-state index in [1.54, 1.807) is 66.7 Å². The summed E-state index contributed by atoms with van der Waals surface area (Å²) in [5.74, 6) is -0.732. The molecule has 4 rings (SSSR count). The van der Waals surface area contributed by atoms with E-state index in [0.29, 0.717) is 28.1 Å². The number of para-hydroxylation sites is 1. The second-order valence-electron chi connectivity index (χ2n) is 7.74. The van der Waals surface area contributed by atoms with Gasteiger partial charge in [0.25, 0.3) is 5.91 Å². The number of benzene rings is 3. The fraction of sp³-hybridized carbons (Fsp3) is 0.0417. The van der Waals surface area contributed by atoms with Crippen LogP contribution in [0.2, 0.25) is 0 Å². The molecule has 6 N–H and O–H groups in total. The van der Waals surface area contributed by atoms with Crippen LogP contribution in [0.15, 0.2) is 88.8 Å². The molecule has 1 heterocycles. The number of nitrogen functional groups attached to an aromatic ring is 1. The van der Waals surface area contributed by atoms with E-state index in [2.05, 4.69) is 10.4 Å². The van der Waals surface area contributed by atoms with Gasteiger partial charge in [-0.1, -0.05) is 48.5 Å². The number of anilines is 1. The number of nitrogens with zero attached hydrogens (tertiary/aromatic N) is 2. The Balaban J connectivity index is 1.80. The Morgan fingerprint density at radius 3 is 2.33 bits per heavy atom. The summed E-state index contributed by atoms with van der Waals surface area (Å²) in [6.07, 6.45) is 1.44. The molecule has 36 heavy (non-hydrogen) atoms. The summed E-state index contributed by atoms with van der Waals surface area (Å²) in [5.41, 5.74) is 7.66. The first kappa shape index (κ1) is 25.0. The van der Waals surface area contributed by atoms with E-state index in [4.69, 9.17) is 16.3 Å². The van der Waals surface area contributed by atoms with Crippen LogP contribution in [-0.2, 0) is 20.8 Å². The van der Waals surface area contributed by atoms with Crippen LogP contribution < -0.4 is 16.2 Å². The molecule has 0 aliphatic rings. The van der Waals surface area contributed by atoms with Gasteiger partial charge < -0.3 is 11.1 Å². The lowest BCUT2D eigenvalue weighted by molar-refractivity contribution is 0.101. The molecule has 12 heteroatoms. The maximum atomic E-state index is 13.4. The van der Waals surface area contributed by atoms with Crippen molar-refractivity contribution in [2.75, 3.05) is 11.6 Å². The predicted molar refractivity (Wildman–Crippen MR) is 138 cm³/mol. The Morgan fingerprint density at radius 1 is 1.00 bits per heavy atom. The third-order valence-electron chi connectivity index (χ3n) is 5.27. The lowest BCUT2D eigenvalue weighted by Gasteiger charge is -2.14. The Kier molecular flexibility index (Phi) is 6.84. The molecule has 1 amide bonds. The number of nitrogens with two attached hydrogens (primary N) is 2. The number of hydrogen-bond donors (Lipinski definition) is 4. The molecule has 3 aromatic carbocycles. The van der Waals surface area contributed by atoms with Gasteiger partial charge in [0.05, 0.1) is 21.4 Å². The van der Waals surface area contributed by atoms with Crippen LogP contribution in [0.1, 0.15) is 16.1 Å². The van der Waals surface area contributed by atoms with Crippen molar-refractivity contribution < 1.29 is 17.4 Å². The van der Waals surface area contributed by atoms with Gasteiger partial charge in [-0.15, -0.1) is 0 Å². The number of aromatic nitrogens is 2. The number of amides is 1. The molecule has 1 aromatic heterocycles. The summed E-state index contributed by atoms with van der Waals surface area (Å²) in [6.45, 7) is 0. The van der Waals surface area contributed by atoms with Gasteiger partial charge in [-0.3, -0.25) is 14.4 Å². The Bertz CT molecular complexity index is 1630. The lowest BCUT2D eigenvalue weighted by Crippen LogP contribution is -2.18. The summed E-state index contributed by atoms with van der Waals surface area (Å²) in [5, 5.41) is 20.4. The van der Waals surface area contributed by atoms with E-state index in [9.17, 15) is 17.4 Å². The van der Waals surface area contributed by atoms with Crippen molar-refractivity contribution in [3.05, 3.63) is 90.1 Å². The van der Waals surface area contributed by atoms with Crippen LogP contribution in [0.25, 0.3) is 16.8 Å². The number of sulfonamides is 1. The van der Waals surface area contributed by atoms with E-state index in [1.165, 1.54) is 23.1 Å². The van der Waals surface area contributed by atoms with Crippen molar-refractivity contribution in [3.63, 3.8) is 0 Å². The summed E-state index contributed by atoms with van der Waals surface area (Å²) < 4.78 is 37.8. The van der Waals surface area contributed by atoms with Crippen LogP contribution in [0, 0.1) is 5.41 Å². The van der Waals surface area contributed by atoms with E-state index >= 15 is 0 Å². The normalized spacial score (nSPS) is 12.2. The number of carbonyl (C=O) groups is 1. The minimum Gasteiger partial charge on any atom is -0.384 e. The number of amidine groups is 1. The number of hydrogen-bond acceptors (Lipinski definition) is 6. The van der Waals surface area contributed by atoms with E-state index in [1.807, 2.05) is 0 Å². The average Bonchev–Trinajstić information content (AvgIpc) is 3.30. The van der Waals surface area contributed by atoms with Gasteiger partial charge in [0.2, 0.25) is 10.0 Å². The van der Waals surface area contributed by atoms with Gasteiger partial charge >= 0.3 is 0 Å². The van der Waals surface area contributed by atoms with E-state index in [-0.39, 0.29) is 21.5 Å². The third-order valence-corrected chi connectivity index (χ3v) is 7.03. The Hall–Kier alpha value is -4.13. The van der Waals surface area contributed by atoms with Gasteiger partial charge in [0.1, 0.15) is 16.6 Å². The van der Waals surface area contributed by atoms with Crippen molar-refractivity contribution in [1.82, 2.24) is 9.78 Å². The summed E-state index contributed by atoms with van der Waals surface area (Å²) in [6, 6.07) is 20.9. The highest BCUT2D eigenvalue weighted by Crippen LogP contribution is 2.33. The van der Waals surface area contributed by atoms with Gasteiger partial charge in [-0.2, -0.15) is 5.10 Å². The minimum atomic E-state index is -4.03. The molecule has 184 valence electrons. The summed E-state index contributed by atoms with van der Waals surface area (Å²) in [4.78, 5) is 13.4. The zero-order valence-corrected chi connectivity index (χ0v) is 20.6. The molecular weight excluding hydrogens is 500 g/mol. The topological polar surface area (TPSA) is 174 Å². The number of primary sulfonamides is 1. The fourth-order valence-corrected chi connectivity index (χ4v) is 4.84. The molecule has 0 fully saturated rings. The van der Waals surface area contributed by atoms with Gasteiger partial charge in [-0.25, -0.2) is 18.2 Å². The zero-order chi connectivity index (χ0) is 26.0. The predicted octanol–water partition coefficient (Wildman–Crippen LogP) is 2.46. The van der Waals surface area contributed by atoms with E-state index < -0.39 is 26.7 Å².